The fraction of sp³-hybridized carbons (Fsp3) is 0.556. The van der Waals surface area contributed by atoms with E-state index in [1.54, 1.807) is 0 Å². The van der Waals surface area contributed by atoms with E-state index in [2.05, 4.69) is 9.97 Å². The van der Waals surface area contributed by atoms with Gasteiger partial charge < -0.3 is 14.6 Å². The standard InChI is InChI=1S/C9H13N3O3/c13-8-5-7(10-9(14)11-8)6-12-1-3-15-4-2-12/h5H,1-4,6H2,(H2,10,11,13,14)/p+1. The molecule has 6 heteroatoms. The molecule has 1 aliphatic rings. The maximum Gasteiger partial charge on any atom is 0.326 e. The van der Waals surface area contributed by atoms with E-state index in [4.69, 9.17) is 4.74 Å². The average Bonchev–Trinajstić information content (AvgIpc) is 2.17. The van der Waals surface area contributed by atoms with Crippen LogP contribution < -0.4 is 16.1 Å². The van der Waals surface area contributed by atoms with Gasteiger partial charge >= 0.3 is 5.69 Å². The summed E-state index contributed by atoms with van der Waals surface area (Å²) in [6.45, 7) is 3.97. The second kappa shape index (κ2) is 4.41. The Morgan fingerprint density at radius 1 is 1.27 bits per heavy atom. The summed E-state index contributed by atoms with van der Waals surface area (Å²) in [5, 5.41) is 0. The first kappa shape index (κ1) is 10.1. The minimum absolute atomic E-state index is 0.346. The molecule has 0 spiro atoms. The number of aromatic nitrogens is 2. The van der Waals surface area contributed by atoms with E-state index in [0.717, 1.165) is 26.3 Å². The highest BCUT2D eigenvalue weighted by atomic mass is 16.5. The third-order valence-corrected chi connectivity index (χ3v) is 2.46. The van der Waals surface area contributed by atoms with E-state index in [-0.39, 0.29) is 5.56 Å². The first-order valence-corrected chi connectivity index (χ1v) is 4.98. The number of hydrogen-bond acceptors (Lipinski definition) is 3. The first-order chi connectivity index (χ1) is 7.24. The van der Waals surface area contributed by atoms with E-state index in [0.29, 0.717) is 12.2 Å². The van der Waals surface area contributed by atoms with Crippen LogP contribution in [-0.4, -0.2) is 36.3 Å². The Kier molecular flexibility index (Phi) is 2.98. The molecule has 1 aliphatic heterocycles. The van der Waals surface area contributed by atoms with Crippen LogP contribution in [-0.2, 0) is 11.3 Å². The molecular weight excluding hydrogens is 198 g/mol. The molecule has 0 atom stereocenters. The third kappa shape index (κ3) is 2.77. The summed E-state index contributed by atoms with van der Waals surface area (Å²) in [5.74, 6) is 0. The van der Waals surface area contributed by atoms with Crippen molar-refractivity contribution in [2.24, 2.45) is 0 Å². The minimum Gasteiger partial charge on any atom is -0.370 e. The highest BCUT2D eigenvalue weighted by molar-refractivity contribution is 4.96. The van der Waals surface area contributed by atoms with Crippen LogP contribution in [0.25, 0.3) is 0 Å². The van der Waals surface area contributed by atoms with Gasteiger partial charge in [-0.25, -0.2) is 4.79 Å². The van der Waals surface area contributed by atoms with Gasteiger partial charge in [0.15, 0.2) is 0 Å². The molecule has 2 rings (SSSR count). The highest BCUT2D eigenvalue weighted by Gasteiger charge is 2.14. The summed E-state index contributed by atoms with van der Waals surface area (Å²) in [6, 6.07) is 1.43. The molecule has 0 amide bonds. The zero-order valence-electron chi connectivity index (χ0n) is 8.34. The fourth-order valence-corrected chi connectivity index (χ4v) is 1.72. The lowest BCUT2D eigenvalue weighted by Gasteiger charge is -2.23. The molecule has 82 valence electrons. The van der Waals surface area contributed by atoms with Crippen LogP contribution >= 0.6 is 0 Å². The van der Waals surface area contributed by atoms with E-state index >= 15 is 0 Å². The molecule has 6 nitrogen and oxygen atoms in total. The molecule has 1 aromatic heterocycles. The van der Waals surface area contributed by atoms with E-state index in [1.165, 1.54) is 11.0 Å². The van der Waals surface area contributed by atoms with Gasteiger partial charge in [0.1, 0.15) is 19.6 Å². The fourth-order valence-electron chi connectivity index (χ4n) is 1.72. The predicted octanol–water partition coefficient (Wildman–Crippen LogP) is -2.52. The topological polar surface area (TPSA) is 79.4 Å². The molecule has 15 heavy (non-hydrogen) atoms. The van der Waals surface area contributed by atoms with Gasteiger partial charge in [0.05, 0.1) is 18.9 Å². The number of ether oxygens (including phenoxy) is 1. The zero-order valence-corrected chi connectivity index (χ0v) is 8.34. The lowest BCUT2D eigenvalue weighted by Crippen LogP contribution is -3.12. The summed E-state index contributed by atoms with van der Waals surface area (Å²) < 4.78 is 5.22. The monoisotopic (exact) mass is 212 g/mol. The minimum atomic E-state index is -0.440. The van der Waals surface area contributed by atoms with Gasteiger partial charge in [0, 0.05) is 6.07 Å². The van der Waals surface area contributed by atoms with E-state index < -0.39 is 5.69 Å². The summed E-state index contributed by atoms with van der Waals surface area (Å²) in [5.41, 5.74) is -0.104. The zero-order chi connectivity index (χ0) is 10.7. The van der Waals surface area contributed by atoms with Crippen LogP contribution in [0.4, 0.5) is 0 Å². The molecule has 1 fully saturated rings. The largest absolute Gasteiger partial charge is 0.370 e. The molecule has 0 bridgehead atoms. The normalized spacial score (nSPS) is 17.9. The van der Waals surface area contributed by atoms with Gasteiger partial charge in [-0.3, -0.25) is 9.78 Å². The Hall–Kier alpha value is -1.40. The van der Waals surface area contributed by atoms with Gasteiger partial charge in [-0.2, -0.15) is 0 Å². The molecule has 0 aliphatic carbocycles. The lowest BCUT2D eigenvalue weighted by molar-refractivity contribution is -0.921. The molecular formula is C9H14N3O3+. The first-order valence-electron chi connectivity index (χ1n) is 4.98. The van der Waals surface area contributed by atoms with Crippen molar-refractivity contribution in [1.82, 2.24) is 9.97 Å². The van der Waals surface area contributed by atoms with Crippen molar-refractivity contribution in [3.63, 3.8) is 0 Å². The summed E-state index contributed by atoms with van der Waals surface area (Å²) in [4.78, 5) is 28.1. The maximum absolute atomic E-state index is 11.0. The quantitative estimate of drug-likeness (QED) is 0.506. The number of morpholine rings is 1. The molecule has 1 aromatic rings. The van der Waals surface area contributed by atoms with E-state index in [1.807, 2.05) is 0 Å². The van der Waals surface area contributed by atoms with Crippen molar-refractivity contribution < 1.29 is 9.64 Å². The lowest BCUT2D eigenvalue weighted by atomic mass is 10.3. The molecule has 3 N–H and O–H groups in total. The molecule has 1 saturated heterocycles. The predicted molar refractivity (Wildman–Crippen MR) is 52.9 cm³/mol. The highest BCUT2D eigenvalue weighted by Crippen LogP contribution is 1.83. The van der Waals surface area contributed by atoms with Crippen molar-refractivity contribution in [3.8, 4) is 0 Å². The van der Waals surface area contributed by atoms with Gasteiger partial charge in [-0.15, -0.1) is 0 Å². The van der Waals surface area contributed by atoms with Gasteiger partial charge in [0.25, 0.3) is 5.56 Å². The second-order valence-corrected chi connectivity index (χ2v) is 3.65. The maximum atomic E-state index is 11.0. The Bertz CT molecular complexity index is 402. The van der Waals surface area contributed by atoms with Crippen LogP contribution in [0.1, 0.15) is 5.69 Å². The Morgan fingerprint density at radius 3 is 2.67 bits per heavy atom. The number of hydrogen-bond donors (Lipinski definition) is 3. The number of H-pyrrole nitrogens is 2. The molecule has 2 heterocycles. The summed E-state index contributed by atoms with van der Waals surface area (Å²) in [7, 11) is 0. The van der Waals surface area contributed by atoms with Crippen molar-refractivity contribution in [3.05, 3.63) is 32.6 Å². The van der Waals surface area contributed by atoms with Crippen LogP contribution in [0, 0.1) is 0 Å². The third-order valence-electron chi connectivity index (χ3n) is 2.46. The summed E-state index contributed by atoms with van der Waals surface area (Å²) in [6.07, 6.45) is 0. The Labute approximate surface area is 85.9 Å². The Morgan fingerprint density at radius 2 is 2.00 bits per heavy atom. The van der Waals surface area contributed by atoms with Crippen molar-refractivity contribution in [1.29, 1.82) is 0 Å². The van der Waals surface area contributed by atoms with Crippen molar-refractivity contribution in [2.75, 3.05) is 26.3 Å². The smallest absolute Gasteiger partial charge is 0.326 e. The number of nitrogens with one attached hydrogen (secondary N) is 3. The molecule has 0 saturated carbocycles. The van der Waals surface area contributed by atoms with Gasteiger partial charge in [0.2, 0.25) is 0 Å². The number of rotatable bonds is 2. The van der Waals surface area contributed by atoms with Gasteiger partial charge in [-0.05, 0) is 0 Å². The van der Waals surface area contributed by atoms with Crippen molar-refractivity contribution in [2.45, 2.75) is 6.54 Å². The van der Waals surface area contributed by atoms with Crippen molar-refractivity contribution >= 4 is 0 Å². The number of aromatic amines is 2. The molecule has 0 radical (unpaired) electrons. The summed E-state index contributed by atoms with van der Waals surface area (Å²) >= 11 is 0. The Balaban J connectivity index is 2.09. The number of quaternary nitrogens is 1. The SMILES string of the molecule is O=c1cc(C[NH+]2CCOCC2)[nH]c(=O)[nH]1. The van der Waals surface area contributed by atoms with Gasteiger partial charge in [-0.1, -0.05) is 0 Å². The van der Waals surface area contributed by atoms with Crippen LogP contribution in [0.3, 0.4) is 0 Å². The molecule has 0 unspecified atom stereocenters. The van der Waals surface area contributed by atoms with Crippen LogP contribution in [0.15, 0.2) is 15.7 Å². The average molecular weight is 212 g/mol. The second-order valence-electron chi connectivity index (χ2n) is 3.65. The molecule has 0 aromatic carbocycles. The van der Waals surface area contributed by atoms with Crippen LogP contribution in [0.2, 0.25) is 0 Å². The van der Waals surface area contributed by atoms with Crippen LogP contribution in [0.5, 0.6) is 0 Å². The van der Waals surface area contributed by atoms with E-state index in [9.17, 15) is 9.59 Å².